The summed E-state index contributed by atoms with van der Waals surface area (Å²) in [5.41, 5.74) is 7.80. The van der Waals surface area contributed by atoms with Crippen LogP contribution >= 0.6 is 0 Å². The fourth-order valence-corrected chi connectivity index (χ4v) is 1.29. The molecule has 0 aliphatic heterocycles. The zero-order chi connectivity index (χ0) is 9.26. The van der Waals surface area contributed by atoms with Crippen LogP contribution in [0.4, 0.5) is 0 Å². The zero-order valence-electron chi connectivity index (χ0n) is 7.51. The monoisotopic (exact) mass is 176 g/mol. The lowest BCUT2D eigenvalue weighted by Crippen LogP contribution is -2.07. The van der Waals surface area contributed by atoms with Crippen molar-refractivity contribution in [2.24, 2.45) is 5.73 Å². The Labute approximate surface area is 76.4 Å². The summed E-state index contributed by atoms with van der Waals surface area (Å²) in [5, 5.41) is 4.08. The first-order chi connectivity index (χ1) is 6.31. The Kier molecular flexibility index (Phi) is 1.98. The van der Waals surface area contributed by atoms with Gasteiger partial charge in [0.15, 0.2) is 0 Å². The van der Waals surface area contributed by atoms with Gasteiger partial charge in [-0.15, -0.1) is 0 Å². The van der Waals surface area contributed by atoms with E-state index in [0.717, 1.165) is 5.52 Å². The maximum absolute atomic E-state index is 5.58. The van der Waals surface area contributed by atoms with Gasteiger partial charge < -0.3 is 5.73 Å². The molecular formula is C9H12N4. The van der Waals surface area contributed by atoms with Crippen molar-refractivity contribution in [1.82, 2.24) is 14.6 Å². The van der Waals surface area contributed by atoms with Gasteiger partial charge in [0.2, 0.25) is 0 Å². The first-order valence-electron chi connectivity index (χ1n) is 4.29. The third-order valence-electron chi connectivity index (χ3n) is 2.22. The highest BCUT2D eigenvalue weighted by molar-refractivity contribution is 5.47. The van der Waals surface area contributed by atoms with Crippen molar-refractivity contribution in [2.45, 2.75) is 12.8 Å². The second kappa shape index (κ2) is 3.14. The number of rotatable bonds is 2. The van der Waals surface area contributed by atoms with Crippen molar-refractivity contribution in [1.29, 1.82) is 0 Å². The molecule has 0 saturated heterocycles. The molecule has 4 heteroatoms. The molecule has 0 spiro atoms. The lowest BCUT2D eigenvalue weighted by molar-refractivity contribution is 0.769. The summed E-state index contributed by atoms with van der Waals surface area (Å²) in [6.07, 6.45) is 5.32. The van der Waals surface area contributed by atoms with Gasteiger partial charge in [0.05, 0.1) is 11.7 Å². The Morgan fingerprint density at radius 2 is 2.46 bits per heavy atom. The second-order valence-electron chi connectivity index (χ2n) is 3.19. The van der Waals surface area contributed by atoms with E-state index in [4.69, 9.17) is 5.73 Å². The molecule has 4 nitrogen and oxygen atoms in total. The van der Waals surface area contributed by atoms with E-state index in [2.05, 4.69) is 23.1 Å². The van der Waals surface area contributed by atoms with Crippen LogP contribution in [0.25, 0.3) is 5.52 Å². The van der Waals surface area contributed by atoms with Crippen molar-refractivity contribution >= 4 is 5.52 Å². The molecule has 0 amide bonds. The quantitative estimate of drug-likeness (QED) is 0.736. The number of hydrogen-bond donors (Lipinski definition) is 1. The summed E-state index contributed by atoms with van der Waals surface area (Å²) < 4.78 is 1.81. The van der Waals surface area contributed by atoms with Gasteiger partial charge in [-0.05, 0) is 24.1 Å². The van der Waals surface area contributed by atoms with Crippen LogP contribution in [0.3, 0.4) is 0 Å². The standard InChI is InChI=1S/C9H12N4/c1-7(3-10)8-2-9-4-11-6-12-13(9)5-8/h2,4-7H,3,10H2,1H3. The summed E-state index contributed by atoms with van der Waals surface area (Å²) in [5.74, 6) is 0.377. The second-order valence-corrected chi connectivity index (χ2v) is 3.19. The van der Waals surface area contributed by atoms with Crippen LogP contribution in [0.5, 0.6) is 0 Å². The van der Waals surface area contributed by atoms with E-state index in [0.29, 0.717) is 12.5 Å². The number of aromatic nitrogens is 3. The third kappa shape index (κ3) is 1.40. The molecule has 2 heterocycles. The molecule has 0 aliphatic rings. The lowest BCUT2D eigenvalue weighted by Gasteiger charge is -2.02. The van der Waals surface area contributed by atoms with Crippen molar-refractivity contribution in [3.05, 3.63) is 30.4 Å². The van der Waals surface area contributed by atoms with Gasteiger partial charge in [0, 0.05) is 6.20 Å². The van der Waals surface area contributed by atoms with E-state index in [1.54, 1.807) is 6.20 Å². The van der Waals surface area contributed by atoms with Gasteiger partial charge in [0.25, 0.3) is 0 Å². The van der Waals surface area contributed by atoms with E-state index in [1.165, 1.54) is 11.9 Å². The van der Waals surface area contributed by atoms with Gasteiger partial charge in [-0.2, -0.15) is 5.10 Å². The molecule has 13 heavy (non-hydrogen) atoms. The Morgan fingerprint density at radius 3 is 3.15 bits per heavy atom. The molecule has 2 aromatic heterocycles. The molecule has 0 bridgehead atoms. The molecule has 0 saturated carbocycles. The average Bonchev–Trinajstić information content (AvgIpc) is 2.59. The van der Waals surface area contributed by atoms with Crippen LogP contribution in [0.15, 0.2) is 24.8 Å². The van der Waals surface area contributed by atoms with E-state index >= 15 is 0 Å². The van der Waals surface area contributed by atoms with E-state index in [-0.39, 0.29) is 0 Å². The van der Waals surface area contributed by atoms with Crippen LogP contribution in [-0.2, 0) is 0 Å². The first kappa shape index (κ1) is 8.19. The number of nitrogens with two attached hydrogens (primary N) is 1. The smallest absolute Gasteiger partial charge is 0.136 e. The van der Waals surface area contributed by atoms with Gasteiger partial charge in [-0.1, -0.05) is 6.92 Å². The fourth-order valence-electron chi connectivity index (χ4n) is 1.29. The van der Waals surface area contributed by atoms with Gasteiger partial charge in [-0.3, -0.25) is 0 Å². The maximum atomic E-state index is 5.58. The third-order valence-corrected chi connectivity index (χ3v) is 2.22. The summed E-state index contributed by atoms with van der Waals surface area (Å²) in [7, 11) is 0. The summed E-state index contributed by atoms with van der Waals surface area (Å²) in [6.45, 7) is 2.76. The van der Waals surface area contributed by atoms with Crippen molar-refractivity contribution in [2.75, 3.05) is 6.54 Å². The Morgan fingerprint density at radius 1 is 1.62 bits per heavy atom. The number of fused-ring (bicyclic) bond motifs is 1. The first-order valence-corrected chi connectivity index (χ1v) is 4.29. The normalized spacial score (nSPS) is 13.4. The molecule has 2 aromatic rings. The molecule has 2 rings (SSSR count). The highest BCUT2D eigenvalue weighted by atomic mass is 15.2. The minimum absolute atomic E-state index is 0.377. The molecule has 0 aliphatic carbocycles. The molecular weight excluding hydrogens is 164 g/mol. The molecule has 2 N–H and O–H groups in total. The van der Waals surface area contributed by atoms with E-state index in [9.17, 15) is 0 Å². The van der Waals surface area contributed by atoms with Gasteiger partial charge in [0.1, 0.15) is 6.33 Å². The molecule has 0 radical (unpaired) electrons. The molecule has 1 unspecified atom stereocenters. The van der Waals surface area contributed by atoms with E-state index < -0.39 is 0 Å². The van der Waals surface area contributed by atoms with Crippen LogP contribution in [0.1, 0.15) is 18.4 Å². The van der Waals surface area contributed by atoms with Crippen LogP contribution in [0.2, 0.25) is 0 Å². The molecule has 68 valence electrons. The van der Waals surface area contributed by atoms with E-state index in [1.807, 2.05) is 10.7 Å². The summed E-state index contributed by atoms with van der Waals surface area (Å²) in [6, 6.07) is 2.07. The Bertz CT molecular complexity index is 374. The van der Waals surface area contributed by atoms with Crippen LogP contribution in [0, 0.1) is 0 Å². The minimum atomic E-state index is 0.377. The highest BCUT2D eigenvalue weighted by Gasteiger charge is 2.06. The zero-order valence-corrected chi connectivity index (χ0v) is 7.51. The Hall–Kier alpha value is -1.42. The minimum Gasteiger partial charge on any atom is -0.330 e. The maximum Gasteiger partial charge on any atom is 0.136 e. The molecule has 1 atom stereocenters. The van der Waals surface area contributed by atoms with Gasteiger partial charge in [-0.25, -0.2) is 9.50 Å². The summed E-state index contributed by atoms with van der Waals surface area (Å²) in [4.78, 5) is 3.95. The lowest BCUT2D eigenvalue weighted by atomic mass is 10.1. The largest absolute Gasteiger partial charge is 0.330 e. The SMILES string of the molecule is CC(CN)c1cc2cncnn2c1. The fraction of sp³-hybridized carbons (Fsp3) is 0.333. The van der Waals surface area contributed by atoms with Crippen LogP contribution < -0.4 is 5.73 Å². The predicted molar refractivity (Wildman–Crippen MR) is 50.5 cm³/mol. The highest BCUT2D eigenvalue weighted by Crippen LogP contribution is 2.16. The average molecular weight is 176 g/mol. The van der Waals surface area contributed by atoms with Crippen molar-refractivity contribution in [3.8, 4) is 0 Å². The number of nitrogens with zero attached hydrogens (tertiary/aromatic N) is 3. The molecule has 0 aromatic carbocycles. The number of hydrogen-bond acceptors (Lipinski definition) is 3. The summed E-state index contributed by atoms with van der Waals surface area (Å²) >= 11 is 0. The Balaban J connectivity index is 2.49. The predicted octanol–water partition coefficient (Wildman–Crippen LogP) is 0.792. The topological polar surface area (TPSA) is 56.2 Å². The van der Waals surface area contributed by atoms with Gasteiger partial charge >= 0.3 is 0 Å². The van der Waals surface area contributed by atoms with Crippen LogP contribution in [-0.4, -0.2) is 21.1 Å². The van der Waals surface area contributed by atoms with Crippen molar-refractivity contribution in [3.63, 3.8) is 0 Å². The van der Waals surface area contributed by atoms with Crippen molar-refractivity contribution < 1.29 is 0 Å². The molecule has 0 fully saturated rings.